The molecule has 0 radical (unpaired) electrons. The Balaban J connectivity index is 1.80. The lowest BCUT2D eigenvalue weighted by molar-refractivity contribution is 0.246. The average molecular weight is 359 g/mol. The summed E-state index contributed by atoms with van der Waals surface area (Å²) in [6.45, 7) is 6.24. The Kier molecular flexibility index (Phi) is 5.57. The van der Waals surface area contributed by atoms with Gasteiger partial charge in [-0.05, 0) is 57.0 Å². The molecule has 0 saturated carbocycles. The number of hydrogen-bond donors (Lipinski definition) is 1. The molecule has 1 unspecified atom stereocenters. The summed E-state index contributed by atoms with van der Waals surface area (Å²) in [5.74, 6) is 0. The van der Waals surface area contributed by atoms with Gasteiger partial charge in [0.25, 0.3) is 0 Å². The largest absolute Gasteiger partial charge is 0.295 e. The van der Waals surface area contributed by atoms with E-state index < -0.39 is 10.0 Å². The van der Waals surface area contributed by atoms with Gasteiger partial charge in [-0.1, -0.05) is 48.0 Å². The first-order chi connectivity index (χ1) is 12.0. The fourth-order valence-corrected chi connectivity index (χ4v) is 4.82. The van der Waals surface area contributed by atoms with E-state index in [9.17, 15) is 8.42 Å². The predicted octanol–water partition coefficient (Wildman–Crippen LogP) is 3.42. The summed E-state index contributed by atoms with van der Waals surface area (Å²) in [4.78, 5) is 2.74. The number of nitrogens with one attached hydrogen (secondary N) is 1. The van der Waals surface area contributed by atoms with E-state index in [1.54, 1.807) is 6.07 Å². The highest BCUT2D eigenvalue weighted by Gasteiger charge is 2.26. The Labute approximate surface area is 150 Å². The molecule has 2 aromatic rings. The van der Waals surface area contributed by atoms with Crippen molar-refractivity contribution in [2.24, 2.45) is 0 Å². The van der Waals surface area contributed by atoms with E-state index in [1.165, 1.54) is 12.8 Å². The fraction of sp³-hybridized carbons (Fsp3) is 0.400. The predicted molar refractivity (Wildman–Crippen MR) is 101 cm³/mol. The van der Waals surface area contributed by atoms with Gasteiger partial charge >= 0.3 is 0 Å². The van der Waals surface area contributed by atoms with Gasteiger partial charge in [-0.2, -0.15) is 0 Å². The van der Waals surface area contributed by atoms with Gasteiger partial charge in [-0.15, -0.1) is 0 Å². The Morgan fingerprint density at radius 1 is 1.04 bits per heavy atom. The zero-order valence-electron chi connectivity index (χ0n) is 14.9. The van der Waals surface area contributed by atoms with Crippen molar-refractivity contribution >= 4 is 10.0 Å². The molecule has 3 rings (SSSR count). The molecule has 2 aromatic carbocycles. The van der Waals surface area contributed by atoms with Crippen molar-refractivity contribution in [2.75, 3.05) is 19.6 Å². The standard InChI is InChI=1S/C20H26N2O2S/c1-16-10-11-20(17(2)14-16)25(23,24)21-15-19(22-12-6-7-13-22)18-8-4-3-5-9-18/h3-5,8-11,14,19,21H,6-7,12-13,15H2,1-2H3. The van der Waals surface area contributed by atoms with Gasteiger partial charge < -0.3 is 0 Å². The van der Waals surface area contributed by atoms with E-state index in [0.29, 0.717) is 11.4 Å². The molecule has 1 heterocycles. The van der Waals surface area contributed by atoms with Crippen LogP contribution in [0.5, 0.6) is 0 Å². The monoisotopic (exact) mass is 358 g/mol. The summed E-state index contributed by atoms with van der Waals surface area (Å²) >= 11 is 0. The van der Waals surface area contributed by atoms with Crippen molar-refractivity contribution in [2.45, 2.75) is 37.6 Å². The van der Waals surface area contributed by atoms with Crippen molar-refractivity contribution in [3.8, 4) is 0 Å². The molecule has 0 spiro atoms. The molecule has 0 amide bonds. The molecular weight excluding hydrogens is 332 g/mol. The van der Waals surface area contributed by atoms with Crippen LogP contribution in [0.4, 0.5) is 0 Å². The summed E-state index contributed by atoms with van der Waals surface area (Å²) in [7, 11) is -3.52. The highest BCUT2D eigenvalue weighted by molar-refractivity contribution is 7.89. The minimum atomic E-state index is -3.52. The summed E-state index contributed by atoms with van der Waals surface area (Å²) in [6, 6.07) is 15.7. The molecule has 1 aliphatic heterocycles. The quantitative estimate of drug-likeness (QED) is 0.861. The maximum Gasteiger partial charge on any atom is 0.240 e. The minimum absolute atomic E-state index is 0.0734. The van der Waals surface area contributed by atoms with Crippen LogP contribution in [0.1, 0.15) is 35.6 Å². The van der Waals surface area contributed by atoms with Gasteiger partial charge in [-0.3, -0.25) is 4.90 Å². The molecule has 1 saturated heterocycles. The van der Waals surface area contributed by atoms with Crippen molar-refractivity contribution in [3.05, 3.63) is 65.2 Å². The molecule has 25 heavy (non-hydrogen) atoms. The SMILES string of the molecule is Cc1ccc(S(=O)(=O)NCC(c2ccccc2)N2CCCC2)c(C)c1. The minimum Gasteiger partial charge on any atom is -0.295 e. The number of likely N-dealkylation sites (tertiary alicyclic amines) is 1. The zero-order valence-corrected chi connectivity index (χ0v) is 15.7. The Hall–Kier alpha value is -1.69. The smallest absolute Gasteiger partial charge is 0.240 e. The van der Waals surface area contributed by atoms with Crippen LogP contribution in [-0.2, 0) is 10.0 Å². The zero-order chi connectivity index (χ0) is 17.9. The van der Waals surface area contributed by atoms with Crippen LogP contribution in [-0.4, -0.2) is 33.0 Å². The highest BCUT2D eigenvalue weighted by Crippen LogP contribution is 2.25. The Morgan fingerprint density at radius 2 is 1.72 bits per heavy atom. The first-order valence-electron chi connectivity index (χ1n) is 8.83. The molecule has 1 N–H and O–H groups in total. The van der Waals surface area contributed by atoms with Gasteiger partial charge in [0, 0.05) is 12.6 Å². The molecule has 1 fully saturated rings. The first kappa shape index (κ1) is 18.1. The molecule has 0 bridgehead atoms. The maximum atomic E-state index is 12.8. The number of aryl methyl sites for hydroxylation is 2. The molecule has 1 atom stereocenters. The van der Waals surface area contributed by atoms with E-state index in [2.05, 4.69) is 21.8 Å². The van der Waals surface area contributed by atoms with Crippen LogP contribution in [0.2, 0.25) is 0 Å². The first-order valence-corrected chi connectivity index (χ1v) is 10.3. The molecule has 4 nitrogen and oxygen atoms in total. The number of benzene rings is 2. The summed E-state index contributed by atoms with van der Waals surface area (Å²) in [6.07, 6.45) is 2.35. The number of sulfonamides is 1. The molecule has 0 aliphatic carbocycles. The van der Waals surface area contributed by atoms with E-state index in [1.807, 2.05) is 44.2 Å². The lowest BCUT2D eigenvalue weighted by Crippen LogP contribution is -2.37. The van der Waals surface area contributed by atoms with Crippen molar-refractivity contribution in [1.29, 1.82) is 0 Å². The van der Waals surface area contributed by atoms with Crippen LogP contribution in [0.25, 0.3) is 0 Å². The number of nitrogens with zero attached hydrogens (tertiary/aromatic N) is 1. The van der Waals surface area contributed by atoms with Gasteiger partial charge in [0.05, 0.1) is 4.90 Å². The number of hydrogen-bond acceptors (Lipinski definition) is 3. The van der Waals surface area contributed by atoms with Crippen molar-refractivity contribution < 1.29 is 8.42 Å². The summed E-state index contributed by atoms with van der Waals surface area (Å²) in [5.41, 5.74) is 3.01. The second-order valence-corrected chi connectivity index (χ2v) is 8.53. The molecule has 1 aliphatic rings. The van der Waals surface area contributed by atoms with Crippen LogP contribution < -0.4 is 4.72 Å². The number of rotatable bonds is 6. The topological polar surface area (TPSA) is 49.4 Å². The normalized spacial score (nSPS) is 16.9. The summed E-state index contributed by atoms with van der Waals surface area (Å²) < 4.78 is 28.4. The third-order valence-corrected chi connectivity index (χ3v) is 6.44. The van der Waals surface area contributed by atoms with E-state index in [-0.39, 0.29) is 6.04 Å². The van der Waals surface area contributed by atoms with Crippen LogP contribution in [0, 0.1) is 13.8 Å². The average Bonchev–Trinajstić information content (AvgIpc) is 3.10. The third-order valence-electron chi connectivity index (χ3n) is 4.85. The lowest BCUT2D eigenvalue weighted by atomic mass is 10.1. The molecule has 0 aromatic heterocycles. The van der Waals surface area contributed by atoms with Crippen LogP contribution in [0.3, 0.4) is 0 Å². The lowest BCUT2D eigenvalue weighted by Gasteiger charge is -2.28. The van der Waals surface area contributed by atoms with Crippen molar-refractivity contribution in [3.63, 3.8) is 0 Å². The fourth-order valence-electron chi connectivity index (χ4n) is 3.55. The van der Waals surface area contributed by atoms with E-state index >= 15 is 0 Å². The van der Waals surface area contributed by atoms with Crippen LogP contribution >= 0.6 is 0 Å². The highest BCUT2D eigenvalue weighted by atomic mass is 32.2. The van der Waals surface area contributed by atoms with E-state index in [4.69, 9.17) is 0 Å². The van der Waals surface area contributed by atoms with Gasteiger partial charge in [0.15, 0.2) is 0 Å². The molecular formula is C20H26N2O2S. The second-order valence-electron chi connectivity index (χ2n) is 6.79. The maximum absolute atomic E-state index is 12.8. The van der Waals surface area contributed by atoms with E-state index in [0.717, 1.165) is 29.8 Å². The second kappa shape index (κ2) is 7.68. The van der Waals surface area contributed by atoms with Gasteiger partial charge in [0.2, 0.25) is 10.0 Å². The van der Waals surface area contributed by atoms with Crippen molar-refractivity contribution in [1.82, 2.24) is 9.62 Å². The molecule has 5 heteroatoms. The molecule has 134 valence electrons. The van der Waals surface area contributed by atoms with Gasteiger partial charge in [-0.25, -0.2) is 13.1 Å². The summed E-state index contributed by atoms with van der Waals surface area (Å²) in [5, 5.41) is 0. The Bertz CT molecular complexity index is 813. The third kappa shape index (κ3) is 4.29. The van der Waals surface area contributed by atoms with Crippen LogP contribution in [0.15, 0.2) is 53.4 Å². The van der Waals surface area contributed by atoms with Gasteiger partial charge in [0.1, 0.15) is 0 Å². The Morgan fingerprint density at radius 3 is 2.36 bits per heavy atom.